The standard InChI is InChI=1S/C15H22ClIN2O/c1-15(2,3)12(18)7-10-6-11(13(16)19-14(10)17)20-8-9-4-5-9/h6,9,12H,4-5,7-8,18H2,1-3H3. The molecule has 0 aromatic carbocycles. The average molecular weight is 409 g/mol. The summed E-state index contributed by atoms with van der Waals surface area (Å²) in [7, 11) is 0. The van der Waals surface area contributed by atoms with E-state index in [-0.39, 0.29) is 11.5 Å². The second kappa shape index (κ2) is 6.36. The van der Waals surface area contributed by atoms with E-state index in [1.54, 1.807) is 0 Å². The van der Waals surface area contributed by atoms with E-state index in [0.29, 0.717) is 16.8 Å². The van der Waals surface area contributed by atoms with Gasteiger partial charge in [-0.25, -0.2) is 4.98 Å². The molecule has 0 radical (unpaired) electrons. The van der Waals surface area contributed by atoms with Crippen molar-refractivity contribution in [1.82, 2.24) is 4.98 Å². The topological polar surface area (TPSA) is 48.1 Å². The number of aromatic nitrogens is 1. The van der Waals surface area contributed by atoms with Gasteiger partial charge in [-0.15, -0.1) is 0 Å². The summed E-state index contributed by atoms with van der Waals surface area (Å²) in [5.74, 6) is 1.39. The van der Waals surface area contributed by atoms with E-state index in [0.717, 1.165) is 22.3 Å². The molecule has 1 heterocycles. The molecule has 2 rings (SSSR count). The molecular formula is C15H22ClIN2O. The molecule has 0 aliphatic heterocycles. The highest BCUT2D eigenvalue weighted by Gasteiger charge is 2.24. The Hall–Kier alpha value is -0.0700. The Morgan fingerprint density at radius 2 is 2.15 bits per heavy atom. The Balaban J connectivity index is 2.12. The summed E-state index contributed by atoms with van der Waals surface area (Å²) in [4.78, 5) is 4.38. The Labute approximate surface area is 139 Å². The van der Waals surface area contributed by atoms with Crippen molar-refractivity contribution >= 4 is 34.2 Å². The van der Waals surface area contributed by atoms with E-state index >= 15 is 0 Å². The fourth-order valence-corrected chi connectivity index (χ4v) is 2.72. The Bertz CT molecular complexity index is 483. The highest BCUT2D eigenvalue weighted by atomic mass is 127. The summed E-state index contributed by atoms with van der Waals surface area (Å²) in [5, 5.41) is 0.447. The number of halogens is 2. The average Bonchev–Trinajstić information content (AvgIpc) is 3.13. The first-order valence-electron chi connectivity index (χ1n) is 7.00. The molecule has 112 valence electrons. The van der Waals surface area contributed by atoms with Crippen LogP contribution >= 0.6 is 34.2 Å². The van der Waals surface area contributed by atoms with Crippen LogP contribution in [0.15, 0.2) is 6.07 Å². The van der Waals surface area contributed by atoms with Crippen LogP contribution < -0.4 is 10.5 Å². The lowest BCUT2D eigenvalue weighted by Crippen LogP contribution is -2.37. The van der Waals surface area contributed by atoms with E-state index in [9.17, 15) is 0 Å². The molecule has 0 spiro atoms. The molecule has 1 saturated carbocycles. The van der Waals surface area contributed by atoms with Crippen LogP contribution in [0, 0.1) is 15.0 Å². The van der Waals surface area contributed by atoms with E-state index in [1.165, 1.54) is 12.8 Å². The van der Waals surface area contributed by atoms with Gasteiger partial charge in [0.2, 0.25) is 0 Å². The summed E-state index contributed by atoms with van der Waals surface area (Å²) in [6.45, 7) is 7.20. The third-order valence-corrected chi connectivity index (χ3v) is 4.90. The highest BCUT2D eigenvalue weighted by molar-refractivity contribution is 14.1. The number of hydrogen-bond donors (Lipinski definition) is 1. The maximum absolute atomic E-state index is 6.27. The van der Waals surface area contributed by atoms with Crippen LogP contribution in [0.3, 0.4) is 0 Å². The summed E-state index contributed by atoms with van der Waals surface area (Å²) >= 11 is 8.37. The highest BCUT2D eigenvalue weighted by Crippen LogP contribution is 2.33. The molecule has 1 aromatic heterocycles. The molecular weight excluding hydrogens is 387 g/mol. The summed E-state index contributed by atoms with van der Waals surface area (Å²) < 4.78 is 6.69. The van der Waals surface area contributed by atoms with Crippen LogP contribution in [-0.2, 0) is 6.42 Å². The van der Waals surface area contributed by atoms with E-state index in [2.05, 4.69) is 48.3 Å². The van der Waals surface area contributed by atoms with Gasteiger partial charge < -0.3 is 10.5 Å². The van der Waals surface area contributed by atoms with Gasteiger partial charge in [0.15, 0.2) is 10.9 Å². The quantitative estimate of drug-likeness (QED) is 0.591. The fourth-order valence-electron chi connectivity index (χ4n) is 1.77. The fraction of sp³-hybridized carbons (Fsp3) is 0.667. The zero-order valence-electron chi connectivity index (χ0n) is 12.2. The second-order valence-corrected chi connectivity index (χ2v) is 8.04. The molecule has 3 nitrogen and oxygen atoms in total. The van der Waals surface area contributed by atoms with Crippen molar-refractivity contribution in [2.45, 2.75) is 46.1 Å². The maximum atomic E-state index is 6.27. The summed E-state index contributed by atoms with van der Waals surface area (Å²) in [6, 6.07) is 2.08. The van der Waals surface area contributed by atoms with Gasteiger partial charge >= 0.3 is 0 Å². The van der Waals surface area contributed by atoms with Crippen molar-refractivity contribution in [1.29, 1.82) is 0 Å². The van der Waals surface area contributed by atoms with Crippen molar-refractivity contribution in [3.05, 3.63) is 20.5 Å². The van der Waals surface area contributed by atoms with Crippen LogP contribution in [0.1, 0.15) is 39.2 Å². The smallest absolute Gasteiger partial charge is 0.172 e. The van der Waals surface area contributed by atoms with Crippen LogP contribution in [0.4, 0.5) is 0 Å². The molecule has 2 N–H and O–H groups in total. The van der Waals surface area contributed by atoms with Gasteiger partial charge in [0.25, 0.3) is 0 Å². The van der Waals surface area contributed by atoms with Crippen molar-refractivity contribution in [2.75, 3.05) is 6.61 Å². The third kappa shape index (κ3) is 4.46. The molecule has 0 bridgehead atoms. The molecule has 1 atom stereocenters. The molecule has 0 saturated heterocycles. The summed E-state index contributed by atoms with van der Waals surface area (Å²) in [6.07, 6.45) is 3.31. The van der Waals surface area contributed by atoms with Crippen molar-refractivity contribution in [3.8, 4) is 5.75 Å². The van der Waals surface area contributed by atoms with Gasteiger partial charge in [0, 0.05) is 6.04 Å². The Morgan fingerprint density at radius 1 is 1.50 bits per heavy atom. The largest absolute Gasteiger partial charge is 0.490 e. The molecule has 1 aliphatic rings. The van der Waals surface area contributed by atoms with Gasteiger partial charge in [0.05, 0.1) is 6.61 Å². The minimum absolute atomic E-state index is 0.0672. The number of ether oxygens (including phenoxy) is 1. The van der Waals surface area contributed by atoms with Crippen LogP contribution in [0.2, 0.25) is 5.15 Å². The molecule has 20 heavy (non-hydrogen) atoms. The number of hydrogen-bond acceptors (Lipinski definition) is 3. The molecule has 1 aliphatic carbocycles. The normalized spacial score (nSPS) is 17.1. The first-order chi connectivity index (χ1) is 9.27. The molecule has 0 amide bonds. The van der Waals surface area contributed by atoms with Crippen LogP contribution in [-0.4, -0.2) is 17.6 Å². The minimum Gasteiger partial charge on any atom is -0.490 e. The molecule has 1 unspecified atom stereocenters. The molecule has 1 aromatic rings. The predicted octanol–water partition coefficient (Wildman–Crippen LogP) is 4.04. The van der Waals surface area contributed by atoms with Gasteiger partial charge in [0.1, 0.15) is 3.70 Å². The Kier molecular flexibility index (Phi) is 5.19. The SMILES string of the molecule is CC(C)(C)C(N)Cc1cc(OCC2CC2)c(Cl)nc1I. The van der Waals surface area contributed by atoms with Crippen LogP contribution in [0.25, 0.3) is 0 Å². The lowest BCUT2D eigenvalue weighted by atomic mass is 9.84. The molecule has 5 heteroatoms. The number of rotatable bonds is 5. The Morgan fingerprint density at radius 3 is 2.70 bits per heavy atom. The first-order valence-corrected chi connectivity index (χ1v) is 8.46. The zero-order chi connectivity index (χ0) is 14.9. The van der Waals surface area contributed by atoms with E-state index in [1.807, 2.05) is 6.07 Å². The second-order valence-electron chi connectivity index (χ2n) is 6.66. The van der Waals surface area contributed by atoms with Gasteiger partial charge in [-0.1, -0.05) is 32.4 Å². The zero-order valence-corrected chi connectivity index (χ0v) is 15.2. The van der Waals surface area contributed by atoms with Crippen molar-refractivity contribution in [2.24, 2.45) is 17.1 Å². The minimum atomic E-state index is 0.0672. The lowest BCUT2D eigenvalue weighted by Gasteiger charge is -2.27. The number of nitrogens with zero attached hydrogens (tertiary/aromatic N) is 1. The maximum Gasteiger partial charge on any atom is 0.172 e. The van der Waals surface area contributed by atoms with E-state index in [4.69, 9.17) is 22.1 Å². The molecule has 1 fully saturated rings. The third-order valence-electron chi connectivity index (χ3n) is 3.69. The van der Waals surface area contributed by atoms with E-state index < -0.39 is 0 Å². The van der Waals surface area contributed by atoms with Crippen molar-refractivity contribution in [3.63, 3.8) is 0 Å². The summed E-state index contributed by atoms with van der Waals surface area (Å²) in [5.41, 5.74) is 7.45. The number of nitrogens with two attached hydrogens (primary N) is 1. The van der Waals surface area contributed by atoms with Gasteiger partial charge in [-0.05, 0) is 64.8 Å². The van der Waals surface area contributed by atoms with Crippen LogP contribution in [0.5, 0.6) is 5.75 Å². The van der Waals surface area contributed by atoms with Gasteiger partial charge in [-0.2, -0.15) is 0 Å². The number of pyridine rings is 1. The van der Waals surface area contributed by atoms with Crippen molar-refractivity contribution < 1.29 is 4.74 Å². The monoisotopic (exact) mass is 408 g/mol. The first kappa shape index (κ1) is 16.3. The lowest BCUT2D eigenvalue weighted by molar-refractivity contribution is 0.296. The predicted molar refractivity (Wildman–Crippen MR) is 91.3 cm³/mol. The van der Waals surface area contributed by atoms with Gasteiger partial charge in [-0.3, -0.25) is 0 Å².